The molecule has 0 saturated heterocycles. The van der Waals surface area contributed by atoms with E-state index < -0.39 is 0 Å². The maximum Gasteiger partial charge on any atom is 0.121 e. The summed E-state index contributed by atoms with van der Waals surface area (Å²) in [5.41, 5.74) is 0.684. The third-order valence-electron chi connectivity index (χ3n) is 2.09. The van der Waals surface area contributed by atoms with Crippen molar-refractivity contribution >= 4 is 21.4 Å². The molecular formula is C11H9NOS. The minimum absolute atomic E-state index is 0.684. The van der Waals surface area contributed by atoms with Gasteiger partial charge in [-0.05, 0) is 25.1 Å². The van der Waals surface area contributed by atoms with Gasteiger partial charge in [0.25, 0.3) is 0 Å². The Morgan fingerprint density at radius 1 is 1.36 bits per heavy atom. The minimum atomic E-state index is 0.684. The van der Waals surface area contributed by atoms with Gasteiger partial charge >= 0.3 is 0 Å². The van der Waals surface area contributed by atoms with E-state index in [-0.39, 0.29) is 0 Å². The van der Waals surface area contributed by atoms with Crippen LogP contribution in [0.3, 0.4) is 0 Å². The molecule has 1 heterocycles. The molecule has 0 fully saturated rings. The molecule has 70 valence electrons. The highest BCUT2D eigenvalue weighted by molar-refractivity contribution is 7.19. The molecule has 2 rings (SSSR count). The van der Waals surface area contributed by atoms with Gasteiger partial charge in [0.15, 0.2) is 0 Å². The van der Waals surface area contributed by atoms with Crippen LogP contribution in [0.2, 0.25) is 0 Å². The number of aryl methyl sites for hydroxylation is 1. The number of methoxy groups -OCH3 is 1. The zero-order valence-corrected chi connectivity index (χ0v) is 8.81. The fourth-order valence-corrected chi connectivity index (χ4v) is 2.43. The molecule has 0 radical (unpaired) electrons. The number of thiophene rings is 1. The highest BCUT2D eigenvalue weighted by Crippen LogP contribution is 2.31. The summed E-state index contributed by atoms with van der Waals surface area (Å²) >= 11 is 1.68. The molecule has 14 heavy (non-hydrogen) atoms. The Morgan fingerprint density at radius 3 is 2.79 bits per heavy atom. The minimum Gasteiger partial charge on any atom is -0.497 e. The molecule has 0 atom stereocenters. The van der Waals surface area contributed by atoms with E-state index in [1.54, 1.807) is 24.5 Å². The second-order valence-electron chi connectivity index (χ2n) is 3.06. The van der Waals surface area contributed by atoms with Crippen molar-refractivity contribution in [2.45, 2.75) is 6.92 Å². The number of nitriles is 1. The van der Waals surface area contributed by atoms with Crippen molar-refractivity contribution in [3.05, 3.63) is 28.6 Å². The molecule has 0 spiro atoms. The number of fused-ring (bicyclic) bond motifs is 1. The number of hydrogen-bond donors (Lipinski definition) is 0. The van der Waals surface area contributed by atoms with E-state index >= 15 is 0 Å². The third-order valence-corrected chi connectivity index (χ3v) is 3.09. The molecule has 0 N–H and O–H groups in total. The molecule has 1 aromatic carbocycles. The second-order valence-corrected chi connectivity index (χ2v) is 4.34. The lowest BCUT2D eigenvalue weighted by molar-refractivity contribution is 0.415. The van der Waals surface area contributed by atoms with Crippen LogP contribution in [0.4, 0.5) is 0 Å². The van der Waals surface area contributed by atoms with E-state index in [1.807, 2.05) is 19.1 Å². The molecule has 0 bridgehead atoms. The first-order valence-corrected chi connectivity index (χ1v) is 5.04. The van der Waals surface area contributed by atoms with Gasteiger partial charge in [-0.1, -0.05) is 0 Å². The second kappa shape index (κ2) is 3.32. The van der Waals surface area contributed by atoms with Gasteiger partial charge in [0.2, 0.25) is 0 Å². The largest absolute Gasteiger partial charge is 0.497 e. The lowest BCUT2D eigenvalue weighted by Crippen LogP contribution is -1.83. The van der Waals surface area contributed by atoms with Crippen LogP contribution in [0.15, 0.2) is 18.2 Å². The van der Waals surface area contributed by atoms with Gasteiger partial charge in [0.05, 0.1) is 18.7 Å². The zero-order valence-electron chi connectivity index (χ0n) is 8.00. The summed E-state index contributed by atoms with van der Waals surface area (Å²) in [5, 5.41) is 9.99. The Kier molecular flexibility index (Phi) is 2.14. The normalized spacial score (nSPS) is 10.1. The van der Waals surface area contributed by atoms with Gasteiger partial charge in [-0.15, -0.1) is 11.3 Å². The van der Waals surface area contributed by atoms with E-state index in [2.05, 4.69) is 6.07 Å². The van der Waals surface area contributed by atoms with Crippen molar-refractivity contribution in [3.8, 4) is 11.8 Å². The van der Waals surface area contributed by atoms with Gasteiger partial charge < -0.3 is 4.74 Å². The van der Waals surface area contributed by atoms with E-state index in [9.17, 15) is 0 Å². The van der Waals surface area contributed by atoms with Gasteiger partial charge in [-0.25, -0.2) is 0 Å². The predicted molar refractivity (Wildman–Crippen MR) is 57.8 cm³/mol. The topological polar surface area (TPSA) is 33.0 Å². The summed E-state index contributed by atoms with van der Waals surface area (Å²) in [4.78, 5) is 1.21. The Hall–Kier alpha value is -1.53. The molecule has 0 amide bonds. The predicted octanol–water partition coefficient (Wildman–Crippen LogP) is 3.09. The average Bonchev–Trinajstić information content (AvgIpc) is 2.56. The van der Waals surface area contributed by atoms with Gasteiger partial charge in [-0.2, -0.15) is 5.26 Å². The standard InChI is InChI=1S/C11H9NOS/c1-7-3-10-8(6-12)4-9(13-2)5-11(10)14-7/h3-5H,1-2H3. The molecule has 0 unspecified atom stereocenters. The van der Waals surface area contributed by atoms with Crippen LogP contribution in [0.25, 0.3) is 10.1 Å². The molecule has 1 aromatic heterocycles. The summed E-state index contributed by atoms with van der Waals surface area (Å²) < 4.78 is 6.24. The molecule has 3 heteroatoms. The monoisotopic (exact) mass is 203 g/mol. The molecule has 0 saturated carbocycles. The maximum atomic E-state index is 8.96. The number of hydrogen-bond acceptors (Lipinski definition) is 3. The first kappa shape index (κ1) is 9.04. The van der Waals surface area contributed by atoms with Crippen LogP contribution in [-0.2, 0) is 0 Å². The number of ether oxygens (including phenoxy) is 1. The molecule has 0 aliphatic rings. The Balaban J connectivity index is 2.80. The van der Waals surface area contributed by atoms with Crippen LogP contribution in [0.5, 0.6) is 5.75 Å². The Bertz CT molecular complexity index is 522. The van der Waals surface area contributed by atoms with E-state index in [4.69, 9.17) is 10.00 Å². The summed E-state index contributed by atoms with van der Waals surface area (Å²) in [7, 11) is 1.61. The first-order valence-electron chi connectivity index (χ1n) is 4.23. The van der Waals surface area contributed by atoms with Gasteiger partial charge in [-0.3, -0.25) is 0 Å². The zero-order chi connectivity index (χ0) is 10.1. The van der Waals surface area contributed by atoms with Crippen molar-refractivity contribution in [2.24, 2.45) is 0 Å². The van der Waals surface area contributed by atoms with Crippen LogP contribution < -0.4 is 4.74 Å². The van der Waals surface area contributed by atoms with Gasteiger partial charge in [0.1, 0.15) is 5.75 Å². The molecular weight excluding hydrogens is 194 g/mol. The lowest BCUT2D eigenvalue weighted by atomic mass is 10.1. The molecule has 2 nitrogen and oxygen atoms in total. The fraction of sp³-hybridized carbons (Fsp3) is 0.182. The van der Waals surface area contributed by atoms with E-state index in [0.29, 0.717) is 5.56 Å². The molecule has 0 aliphatic carbocycles. The highest BCUT2D eigenvalue weighted by atomic mass is 32.1. The van der Waals surface area contributed by atoms with E-state index in [1.165, 1.54) is 4.88 Å². The molecule has 0 aliphatic heterocycles. The lowest BCUT2D eigenvalue weighted by Gasteiger charge is -2.00. The van der Waals surface area contributed by atoms with Crippen LogP contribution >= 0.6 is 11.3 Å². The van der Waals surface area contributed by atoms with Crippen LogP contribution in [-0.4, -0.2) is 7.11 Å². The van der Waals surface area contributed by atoms with Crippen LogP contribution in [0.1, 0.15) is 10.4 Å². The smallest absolute Gasteiger partial charge is 0.121 e. The van der Waals surface area contributed by atoms with Gasteiger partial charge in [0, 0.05) is 15.0 Å². The third kappa shape index (κ3) is 1.34. The first-order chi connectivity index (χ1) is 6.74. The summed E-state index contributed by atoms with van der Waals surface area (Å²) in [6.07, 6.45) is 0. The summed E-state index contributed by atoms with van der Waals surface area (Å²) in [6.45, 7) is 2.04. The quantitative estimate of drug-likeness (QED) is 0.713. The Morgan fingerprint density at radius 2 is 2.14 bits per heavy atom. The van der Waals surface area contributed by atoms with Crippen molar-refractivity contribution in [2.75, 3.05) is 7.11 Å². The fourth-order valence-electron chi connectivity index (χ4n) is 1.45. The average molecular weight is 203 g/mol. The van der Waals surface area contributed by atoms with Crippen molar-refractivity contribution in [1.82, 2.24) is 0 Å². The number of benzene rings is 1. The Labute approximate surface area is 86.4 Å². The summed E-state index contributed by atoms with van der Waals surface area (Å²) in [6, 6.07) is 7.96. The maximum absolute atomic E-state index is 8.96. The van der Waals surface area contributed by atoms with Crippen LogP contribution in [0, 0.1) is 18.3 Å². The van der Waals surface area contributed by atoms with Crippen molar-refractivity contribution in [3.63, 3.8) is 0 Å². The van der Waals surface area contributed by atoms with Crippen molar-refractivity contribution < 1.29 is 4.74 Å². The SMILES string of the molecule is COc1cc(C#N)c2cc(C)sc2c1. The highest BCUT2D eigenvalue weighted by Gasteiger charge is 2.06. The molecule has 2 aromatic rings. The number of nitrogens with zero attached hydrogens (tertiary/aromatic N) is 1. The number of rotatable bonds is 1. The van der Waals surface area contributed by atoms with Crippen molar-refractivity contribution in [1.29, 1.82) is 5.26 Å². The summed E-state index contributed by atoms with van der Waals surface area (Å²) in [5.74, 6) is 0.746. The van der Waals surface area contributed by atoms with E-state index in [0.717, 1.165) is 15.8 Å².